The van der Waals surface area contributed by atoms with Crippen molar-refractivity contribution in [2.45, 2.75) is 39.0 Å². The number of rotatable bonds is 1. The fourth-order valence-electron chi connectivity index (χ4n) is 2.39. The van der Waals surface area contributed by atoms with E-state index >= 15 is 0 Å². The summed E-state index contributed by atoms with van der Waals surface area (Å²) >= 11 is 1.74. The van der Waals surface area contributed by atoms with Crippen LogP contribution in [-0.2, 0) is 12.8 Å². The van der Waals surface area contributed by atoms with Crippen molar-refractivity contribution >= 4 is 17.1 Å². The summed E-state index contributed by atoms with van der Waals surface area (Å²) in [5, 5.41) is 0. The molecule has 1 fully saturated rings. The lowest BCUT2D eigenvalue weighted by molar-refractivity contribution is 0.0885. The minimum absolute atomic E-state index is 0.114. The lowest BCUT2D eigenvalue weighted by Crippen LogP contribution is -2.21. The highest BCUT2D eigenvalue weighted by molar-refractivity contribution is 7.14. The van der Waals surface area contributed by atoms with E-state index in [-0.39, 0.29) is 5.41 Å². The molecule has 0 N–H and O–H groups in total. The zero-order valence-corrected chi connectivity index (χ0v) is 9.25. The van der Waals surface area contributed by atoms with Crippen LogP contribution < -0.4 is 0 Å². The Morgan fingerprint density at radius 1 is 1.43 bits per heavy atom. The molecule has 0 radical (unpaired) electrons. The van der Waals surface area contributed by atoms with Crippen molar-refractivity contribution in [3.05, 3.63) is 21.4 Å². The number of hydrogen-bond donors (Lipinski definition) is 0. The van der Waals surface area contributed by atoms with Crippen molar-refractivity contribution in [2.24, 2.45) is 5.41 Å². The largest absolute Gasteiger partial charge is 0.293 e. The molecular weight excluding hydrogens is 192 g/mol. The molecule has 0 aliphatic heterocycles. The van der Waals surface area contributed by atoms with Crippen LogP contribution in [0, 0.1) is 5.41 Å². The van der Waals surface area contributed by atoms with Crippen molar-refractivity contribution < 1.29 is 4.79 Å². The number of ketones is 1. The van der Waals surface area contributed by atoms with Gasteiger partial charge in [-0.1, -0.05) is 6.92 Å². The quantitative estimate of drug-likeness (QED) is 0.689. The Morgan fingerprint density at radius 3 is 2.86 bits per heavy atom. The summed E-state index contributed by atoms with van der Waals surface area (Å²) in [6, 6.07) is 2.24. The number of hydrogen-bond acceptors (Lipinski definition) is 2. The zero-order chi connectivity index (χ0) is 9.76. The van der Waals surface area contributed by atoms with Crippen LogP contribution in [0.1, 0.15) is 46.3 Å². The van der Waals surface area contributed by atoms with E-state index in [4.69, 9.17) is 0 Å². The number of thiophene rings is 1. The maximum absolute atomic E-state index is 12.1. The normalized spacial score (nSPS) is 22.5. The Kier molecular flexibility index (Phi) is 1.67. The highest BCUT2D eigenvalue weighted by Gasteiger charge is 2.52. The first-order valence-electron chi connectivity index (χ1n) is 5.41. The summed E-state index contributed by atoms with van der Waals surface area (Å²) in [6.07, 6.45) is 5.60. The minimum Gasteiger partial charge on any atom is -0.293 e. The molecule has 1 saturated carbocycles. The number of carbonyl (C=O) groups excluding carboxylic acids is 1. The van der Waals surface area contributed by atoms with E-state index in [1.54, 1.807) is 11.3 Å². The molecule has 0 amide bonds. The van der Waals surface area contributed by atoms with Crippen LogP contribution >= 0.6 is 11.3 Å². The van der Waals surface area contributed by atoms with Crippen LogP contribution in [0.25, 0.3) is 0 Å². The van der Waals surface area contributed by atoms with Crippen LogP contribution in [0.4, 0.5) is 0 Å². The van der Waals surface area contributed by atoms with E-state index in [9.17, 15) is 4.79 Å². The fourth-order valence-corrected chi connectivity index (χ4v) is 3.60. The van der Waals surface area contributed by atoms with Gasteiger partial charge in [0.05, 0.1) is 4.88 Å². The van der Waals surface area contributed by atoms with E-state index in [1.807, 2.05) is 0 Å². The maximum atomic E-state index is 12.1. The Bertz CT molecular complexity index is 398. The molecular formula is C12H14OS. The number of aryl methyl sites for hydroxylation is 2. The molecule has 0 bridgehead atoms. The Morgan fingerprint density at radius 2 is 2.21 bits per heavy atom. The molecule has 0 aromatic carbocycles. The minimum atomic E-state index is 0.114. The third-order valence-corrected chi connectivity index (χ3v) is 4.94. The predicted molar refractivity (Wildman–Crippen MR) is 58.0 cm³/mol. The molecule has 2 aliphatic carbocycles. The number of carbonyl (C=O) groups is 1. The number of fused-ring (bicyclic) bond motifs is 1. The molecule has 0 saturated heterocycles. The van der Waals surface area contributed by atoms with Crippen LogP contribution in [0.15, 0.2) is 6.07 Å². The topological polar surface area (TPSA) is 17.1 Å². The first-order chi connectivity index (χ1) is 6.75. The van der Waals surface area contributed by atoms with Crippen molar-refractivity contribution in [3.63, 3.8) is 0 Å². The van der Waals surface area contributed by atoms with Crippen molar-refractivity contribution in [1.82, 2.24) is 0 Å². The molecule has 14 heavy (non-hydrogen) atoms. The van der Waals surface area contributed by atoms with Gasteiger partial charge in [0.1, 0.15) is 0 Å². The Labute approximate surface area is 88.1 Å². The van der Waals surface area contributed by atoms with Gasteiger partial charge in [0, 0.05) is 10.3 Å². The zero-order valence-electron chi connectivity index (χ0n) is 8.43. The van der Waals surface area contributed by atoms with E-state index in [0.29, 0.717) is 5.78 Å². The lowest BCUT2D eigenvalue weighted by Gasteiger charge is -2.19. The molecule has 0 unspecified atom stereocenters. The molecule has 74 valence electrons. The summed E-state index contributed by atoms with van der Waals surface area (Å²) < 4.78 is 0. The van der Waals surface area contributed by atoms with Crippen molar-refractivity contribution in [3.8, 4) is 0 Å². The third kappa shape index (κ3) is 1.04. The summed E-state index contributed by atoms with van der Waals surface area (Å²) in [6.45, 7) is 2.16. The van der Waals surface area contributed by atoms with Gasteiger partial charge in [-0.3, -0.25) is 4.79 Å². The van der Waals surface area contributed by atoms with Gasteiger partial charge in [0.2, 0.25) is 0 Å². The first-order valence-corrected chi connectivity index (χ1v) is 6.23. The molecule has 1 aromatic heterocycles. The third-order valence-electron chi connectivity index (χ3n) is 3.62. The van der Waals surface area contributed by atoms with E-state index in [0.717, 1.165) is 37.0 Å². The summed E-state index contributed by atoms with van der Waals surface area (Å²) in [7, 11) is 0. The van der Waals surface area contributed by atoms with Gasteiger partial charge in [-0.25, -0.2) is 0 Å². The number of Topliss-reactive ketones (excluding diaryl/α,β-unsaturated/α-hetero) is 1. The summed E-state index contributed by atoms with van der Waals surface area (Å²) in [4.78, 5) is 14.6. The van der Waals surface area contributed by atoms with Gasteiger partial charge in [-0.2, -0.15) is 0 Å². The SMILES string of the molecule is CCc1cc2c(s1)C(=O)C1(CC2)CC1. The molecule has 1 heterocycles. The highest BCUT2D eigenvalue weighted by Crippen LogP contribution is 2.55. The molecule has 1 spiro atoms. The van der Waals surface area contributed by atoms with Gasteiger partial charge in [-0.15, -0.1) is 11.3 Å². The van der Waals surface area contributed by atoms with Crippen LogP contribution in [0.5, 0.6) is 0 Å². The van der Waals surface area contributed by atoms with Crippen LogP contribution in [0.3, 0.4) is 0 Å². The first kappa shape index (κ1) is 8.66. The van der Waals surface area contributed by atoms with E-state index in [1.165, 1.54) is 10.4 Å². The smallest absolute Gasteiger partial charge is 0.179 e. The maximum Gasteiger partial charge on any atom is 0.179 e. The fraction of sp³-hybridized carbons (Fsp3) is 0.583. The van der Waals surface area contributed by atoms with Crippen molar-refractivity contribution in [2.75, 3.05) is 0 Å². The molecule has 1 nitrogen and oxygen atoms in total. The highest BCUT2D eigenvalue weighted by atomic mass is 32.1. The molecule has 2 heteroatoms. The molecule has 0 atom stereocenters. The van der Waals surface area contributed by atoms with Gasteiger partial charge >= 0.3 is 0 Å². The van der Waals surface area contributed by atoms with Gasteiger partial charge in [0.25, 0.3) is 0 Å². The molecule has 3 rings (SSSR count). The summed E-state index contributed by atoms with van der Waals surface area (Å²) in [5.74, 6) is 0.462. The monoisotopic (exact) mass is 206 g/mol. The van der Waals surface area contributed by atoms with Gasteiger partial charge in [0.15, 0.2) is 5.78 Å². The standard InChI is InChI=1S/C12H14OS/c1-2-9-7-8-3-4-12(5-6-12)11(13)10(8)14-9/h7H,2-6H2,1H3. The van der Waals surface area contributed by atoms with Gasteiger partial charge in [-0.05, 0) is 43.7 Å². The second-order valence-corrected chi connectivity index (χ2v) is 5.67. The lowest BCUT2D eigenvalue weighted by atomic mass is 9.85. The van der Waals surface area contributed by atoms with E-state index in [2.05, 4.69) is 13.0 Å². The van der Waals surface area contributed by atoms with E-state index < -0.39 is 0 Å². The Balaban J connectivity index is 2.06. The second kappa shape index (κ2) is 2.69. The van der Waals surface area contributed by atoms with Crippen LogP contribution in [-0.4, -0.2) is 5.78 Å². The van der Waals surface area contributed by atoms with Crippen molar-refractivity contribution in [1.29, 1.82) is 0 Å². The van der Waals surface area contributed by atoms with Crippen LogP contribution in [0.2, 0.25) is 0 Å². The molecule has 1 aromatic rings. The average molecular weight is 206 g/mol. The predicted octanol–water partition coefficient (Wildman–Crippen LogP) is 3.22. The summed E-state index contributed by atoms with van der Waals surface area (Å²) in [5.41, 5.74) is 1.44. The molecule has 2 aliphatic rings. The Hall–Kier alpha value is -0.630. The second-order valence-electron chi connectivity index (χ2n) is 4.53. The average Bonchev–Trinajstić information content (AvgIpc) is 2.85. The van der Waals surface area contributed by atoms with Gasteiger partial charge < -0.3 is 0 Å².